The van der Waals surface area contributed by atoms with Crippen molar-refractivity contribution in [3.63, 3.8) is 0 Å². The quantitative estimate of drug-likeness (QED) is 0.486. The van der Waals surface area contributed by atoms with Gasteiger partial charge in [0.05, 0.1) is 16.9 Å². The number of benzene rings is 2. The van der Waals surface area contributed by atoms with Gasteiger partial charge in [0.25, 0.3) is 5.69 Å². The van der Waals surface area contributed by atoms with Crippen LogP contribution in [0.2, 0.25) is 0 Å². The van der Waals surface area contributed by atoms with Crippen molar-refractivity contribution >= 4 is 11.5 Å². The van der Waals surface area contributed by atoms with Crippen LogP contribution in [0.3, 0.4) is 0 Å². The lowest BCUT2D eigenvalue weighted by Gasteiger charge is -2.35. The number of rotatable bonds is 4. The first-order chi connectivity index (χ1) is 13.4. The molecule has 0 amide bonds. The molecule has 0 saturated carbocycles. The summed E-state index contributed by atoms with van der Waals surface area (Å²) in [6.45, 7) is 1.90. The van der Waals surface area contributed by atoms with E-state index in [2.05, 4.69) is 4.98 Å². The van der Waals surface area contributed by atoms with Crippen molar-refractivity contribution in [2.75, 3.05) is 0 Å². The Morgan fingerprint density at radius 1 is 1.14 bits per heavy atom. The lowest BCUT2D eigenvalue weighted by molar-refractivity contribution is -0.385. The van der Waals surface area contributed by atoms with Crippen LogP contribution in [-0.4, -0.2) is 15.7 Å². The Kier molecular flexibility index (Phi) is 4.27. The van der Waals surface area contributed by atoms with E-state index in [1.807, 2.05) is 37.3 Å². The highest BCUT2D eigenvalue weighted by Crippen LogP contribution is 2.41. The van der Waals surface area contributed by atoms with E-state index >= 15 is 0 Å². The number of nitro groups is 1. The van der Waals surface area contributed by atoms with E-state index in [1.165, 1.54) is 12.1 Å². The zero-order chi connectivity index (χ0) is 19.7. The number of pyridine rings is 1. The largest absolute Gasteiger partial charge is 0.482 e. The van der Waals surface area contributed by atoms with Gasteiger partial charge in [-0.25, -0.2) is 4.98 Å². The van der Waals surface area contributed by atoms with Gasteiger partial charge in [0.2, 0.25) is 5.88 Å². The van der Waals surface area contributed by atoms with Crippen molar-refractivity contribution in [3.8, 4) is 17.4 Å². The molecule has 7 nitrogen and oxygen atoms in total. The monoisotopic (exact) mass is 376 g/mol. The minimum atomic E-state index is -0.729. The zero-order valence-electron chi connectivity index (χ0n) is 15.0. The number of carbonyl (C=O) groups excluding carboxylic acids is 1. The van der Waals surface area contributed by atoms with E-state index in [4.69, 9.17) is 9.47 Å². The molecule has 28 heavy (non-hydrogen) atoms. The molecule has 7 heteroatoms. The summed E-state index contributed by atoms with van der Waals surface area (Å²) in [5.74, 6) is 1.05. The molecule has 0 radical (unpaired) electrons. The number of hydrogen-bond donors (Lipinski definition) is 0. The number of hydrogen-bond acceptors (Lipinski definition) is 6. The third-order valence-electron chi connectivity index (χ3n) is 4.62. The van der Waals surface area contributed by atoms with E-state index in [-0.39, 0.29) is 23.8 Å². The second-order valence-corrected chi connectivity index (χ2v) is 6.67. The molecule has 0 bridgehead atoms. The highest BCUT2D eigenvalue weighted by Gasteiger charge is 2.38. The van der Waals surface area contributed by atoms with Crippen molar-refractivity contribution in [2.45, 2.75) is 18.9 Å². The van der Waals surface area contributed by atoms with Gasteiger partial charge in [0.15, 0.2) is 5.78 Å². The maximum Gasteiger partial charge on any atom is 0.287 e. The number of Topliss-reactive ketones (excluding diaryl/α,β-unsaturated/α-hetero) is 1. The summed E-state index contributed by atoms with van der Waals surface area (Å²) < 4.78 is 11.8. The van der Waals surface area contributed by atoms with Crippen molar-refractivity contribution < 1.29 is 19.2 Å². The number of nitrogens with zero attached hydrogens (tertiary/aromatic N) is 2. The van der Waals surface area contributed by atoms with Gasteiger partial charge in [0, 0.05) is 12.1 Å². The van der Waals surface area contributed by atoms with Crippen LogP contribution < -0.4 is 9.47 Å². The second kappa shape index (κ2) is 6.77. The molecule has 1 aliphatic heterocycles. The molecule has 1 atom stereocenters. The lowest BCUT2D eigenvalue weighted by atomic mass is 9.85. The van der Waals surface area contributed by atoms with Gasteiger partial charge in [-0.2, -0.15) is 0 Å². The Labute approximate surface area is 160 Å². The lowest BCUT2D eigenvalue weighted by Crippen LogP contribution is -2.36. The van der Waals surface area contributed by atoms with Crippen LogP contribution in [-0.2, 0) is 5.60 Å². The van der Waals surface area contributed by atoms with E-state index in [1.54, 1.807) is 18.2 Å². The highest BCUT2D eigenvalue weighted by atomic mass is 16.6. The van der Waals surface area contributed by atoms with E-state index in [9.17, 15) is 14.9 Å². The van der Waals surface area contributed by atoms with Gasteiger partial charge in [-0.3, -0.25) is 14.9 Å². The van der Waals surface area contributed by atoms with Gasteiger partial charge in [-0.1, -0.05) is 30.3 Å². The highest BCUT2D eigenvalue weighted by molar-refractivity contribution is 6.00. The van der Waals surface area contributed by atoms with E-state index in [0.29, 0.717) is 17.1 Å². The van der Waals surface area contributed by atoms with E-state index in [0.717, 1.165) is 11.8 Å². The fourth-order valence-corrected chi connectivity index (χ4v) is 3.17. The standard InChI is InChI=1S/C21H16N2O5/c1-21(14-5-3-2-4-6-14)12-18(24)17-11-16(8-9-19(17)28-21)27-20-10-7-15(13-22-20)23(25)26/h2-11,13H,12H2,1H3. The van der Waals surface area contributed by atoms with Crippen LogP contribution >= 0.6 is 0 Å². The Morgan fingerprint density at radius 2 is 1.93 bits per heavy atom. The first kappa shape index (κ1) is 17.7. The molecular weight excluding hydrogens is 360 g/mol. The molecule has 3 aromatic rings. The van der Waals surface area contributed by atoms with Crippen molar-refractivity contribution in [3.05, 3.63) is 88.1 Å². The number of carbonyl (C=O) groups is 1. The second-order valence-electron chi connectivity index (χ2n) is 6.67. The zero-order valence-corrected chi connectivity index (χ0v) is 15.0. The van der Waals surface area contributed by atoms with Crippen molar-refractivity contribution in [2.24, 2.45) is 0 Å². The van der Waals surface area contributed by atoms with Gasteiger partial charge in [-0.15, -0.1) is 0 Å². The van der Waals surface area contributed by atoms with Gasteiger partial charge >= 0.3 is 0 Å². The Hall–Kier alpha value is -3.74. The third-order valence-corrected chi connectivity index (χ3v) is 4.62. The molecule has 1 aromatic heterocycles. The fourth-order valence-electron chi connectivity index (χ4n) is 3.17. The summed E-state index contributed by atoms with van der Waals surface area (Å²) in [5, 5.41) is 10.7. The third kappa shape index (κ3) is 3.29. The minimum Gasteiger partial charge on any atom is -0.482 e. The topological polar surface area (TPSA) is 91.6 Å². The van der Waals surface area contributed by atoms with Crippen LogP contribution in [0.25, 0.3) is 0 Å². The SMILES string of the molecule is CC1(c2ccccc2)CC(=O)c2cc(Oc3ccc([N+](=O)[O-])cn3)ccc2O1. The Morgan fingerprint density at radius 3 is 2.61 bits per heavy atom. The molecule has 0 spiro atoms. The summed E-state index contributed by atoms with van der Waals surface area (Å²) in [7, 11) is 0. The molecule has 4 rings (SSSR count). The van der Waals surface area contributed by atoms with Gasteiger partial charge in [0.1, 0.15) is 23.3 Å². The average molecular weight is 376 g/mol. The molecule has 0 saturated heterocycles. The molecule has 1 aliphatic rings. The summed E-state index contributed by atoms with van der Waals surface area (Å²) in [5.41, 5.74) is 0.520. The molecular formula is C21H16N2O5. The number of ketones is 1. The molecule has 140 valence electrons. The number of fused-ring (bicyclic) bond motifs is 1. The first-order valence-electron chi connectivity index (χ1n) is 8.65. The molecule has 0 aliphatic carbocycles. The average Bonchev–Trinajstić information content (AvgIpc) is 2.69. The summed E-state index contributed by atoms with van der Waals surface area (Å²) in [6.07, 6.45) is 1.33. The maximum absolute atomic E-state index is 12.8. The van der Waals surface area contributed by atoms with Crippen molar-refractivity contribution in [1.82, 2.24) is 4.98 Å². The van der Waals surface area contributed by atoms with Crippen LogP contribution in [0.15, 0.2) is 66.9 Å². The smallest absolute Gasteiger partial charge is 0.287 e. The molecule has 0 N–H and O–H groups in total. The summed E-state index contributed by atoms with van der Waals surface area (Å²) in [6, 6.07) is 17.3. The van der Waals surface area contributed by atoms with E-state index < -0.39 is 10.5 Å². The van der Waals surface area contributed by atoms with Crippen LogP contribution in [0, 0.1) is 10.1 Å². The molecule has 2 aromatic carbocycles. The number of ether oxygens (including phenoxy) is 2. The normalized spacial score (nSPS) is 18.1. The summed E-state index contributed by atoms with van der Waals surface area (Å²) >= 11 is 0. The van der Waals surface area contributed by atoms with Crippen LogP contribution in [0.5, 0.6) is 17.4 Å². The Balaban J connectivity index is 1.59. The van der Waals surface area contributed by atoms with Crippen LogP contribution in [0.4, 0.5) is 5.69 Å². The number of aromatic nitrogens is 1. The predicted octanol–water partition coefficient (Wildman–Crippen LogP) is 4.66. The predicted molar refractivity (Wildman–Crippen MR) is 101 cm³/mol. The Bertz CT molecular complexity index is 1050. The van der Waals surface area contributed by atoms with Gasteiger partial charge in [-0.05, 0) is 30.7 Å². The maximum atomic E-state index is 12.8. The van der Waals surface area contributed by atoms with Crippen molar-refractivity contribution in [1.29, 1.82) is 0 Å². The fraction of sp³-hybridized carbons (Fsp3) is 0.143. The van der Waals surface area contributed by atoms with Gasteiger partial charge < -0.3 is 9.47 Å². The molecule has 0 fully saturated rings. The van der Waals surface area contributed by atoms with Crippen LogP contribution in [0.1, 0.15) is 29.3 Å². The minimum absolute atomic E-state index is 0.0466. The summed E-state index contributed by atoms with van der Waals surface area (Å²) in [4.78, 5) is 26.8. The molecule has 2 heterocycles. The molecule has 1 unspecified atom stereocenters. The first-order valence-corrected chi connectivity index (χ1v) is 8.65.